The van der Waals surface area contributed by atoms with Crippen molar-refractivity contribution in [2.45, 2.75) is 77.2 Å². The summed E-state index contributed by atoms with van der Waals surface area (Å²) in [5, 5.41) is 13.0. The molecule has 0 aromatic carbocycles. The Morgan fingerprint density at radius 1 is 1.38 bits per heavy atom. The summed E-state index contributed by atoms with van der Waals surface area (Å²) in [7, 11) is 0. The second kappa shape index (κ2) is 4.01. The zero-order valence-electron chi connectivity index (χ0n) is 11.3. The molecular formula is C13H24N2O. The fraction of sp³-hybridized carbons (Fsp3) is 0.923. The van der Waals surface area contributed by atoms with Crippen molar-refractivity contribution in [3.8, 4) is 6.07 Å². The molecule has 0 spiro atoms. The lowest BCUT2D eigenvalue weighted by Gasteiger charge is -2.36. The number of ether oxygens (including phenoxy) is 1. The van der Waals surface area contributed by atoms with Crippen molar-refractivity contribution in [3.05, 3.63) is 0 Å². The van der Waals surface area contributed by atoms with Gasteiger partial charge in [0.1, 0.15) is 5.54 Å². The average Bonchev–Trinajstić information content (AvgIpc) is 2.31. The zero-order valence-corrected chi connectivity index (χ0v) is 11.3. The molecule has 1 rings (SSSR count). The van der Waals surface area contributed by atoms with Gasteiger partial charge in [-0.25, -0.2) is 0 Å². The van der Waals surface area contributed by atoms with Crippen molar-refractivity contribution in [2.24, 2.45) is 0 Å². The van der Waals surface area contributed by atoms with Crippen molar-refractivity contribution in [1.82, 2.24) is 5.32 Å². The van der Waals surface area contributed by atoms with Crippen LogP contribution in [-0.2, 0) is 4.74 Å². The Kier molecular flexibility index (Phi) is 3.38. The monoisotopic (exact) mass is 224 g/mol. The van der Waals surface area contributed by atoms with Crippen LogP contribution in [0.2, 0.25) is 0 Å². The Balaban J connectivity index is 3.00. The molecule has 92 valence electrons. The highest BCUT2D eigenvalue weighted by Crippen LogP contribution is 2.44. The van der Waals surface area contributed by atoms with E-state index >= 15 is 0 Å². The quantitative estimate of drug-likeness (QED) is 0.801. The molecule has 0 saturated carbocycles. The normalized spacial score (nSPS) is 33.3. The predicted octanol–water partition coefficient (Wildman–Crippen LogP) is 2.61. The molecule has 3 heteroatoms. The lowest BCUT2D eigenvalue weighted by Crippen LogP contribution is -2.58. The molecule has 1 fully saturated rings. The molecule has 16 heavy (non-hydrogen) atoms. The van der Waals surface area contributed by atoms with Gasteiger partial charge in [-0.1, -0.05) is 6.92 Å². The summed E-state index contributed by atoms with van der Waals surface area (Å²) in [6.07, 6.45) is 1.74. The molecule has 0 aliphatic carbocycles. The third-order valence-electron chi connectivity index (χ3n) is 3.55. The van der Waals surface area contributed by atoms with Gasteiger partial charge in [0, 0.05) is 12.5 Å². The van der Waals surface area contributed by atoms with Gasteiger partial charge in [0.05, 0.1) is 17.3 Å². The van der Waals surface area contributed by atoms with Crippen LogP contribution in [0.25, 0.3) is 0 Å². The number of nitrogens with zero attached hydrogens (tertiary/aromatic N) is 1. The van der Waals surface area contributed by atoms with Gasteiger partial charge >= 0.3 is 0 Å². The van der Waals surface area contributed by atoms with E-state index in [0.717, 1.165) is 12.8 Å². The van der Waals surface area contributed by atoms with Gasteiger partial charge in [-0.3, -0.25) is 5.32 Å². The van der Waals surface area contributed by atoms with Crippen LogP contribution in [0.4, 0.5) is 0 Å². The summed E-state index contributed by atoms with van der Waals surface area (Å²) in [6.45, 7) is 12.3. The molecule has 0 bridgehead atoms. The van der Waals surface area contributed by atoms with Crippen LogP contribution in [0, 0.1) is 11.3 Å². The van der Waals surface area contributed by atoms with E-state index in [1.807, 2.05) is 27.7 Å². The molecule has 1 aliphatic heterocycles. The Hall–Kier alpha value is -0.590. The van der Waals surface area contributed by atoms with Crippen molar-refractivity contribution in [3.63, 3.8) is 0 Å². The third kappa shape index (κ3) is 2.23. The summed E-state index contributed by atoms with van der Waals surface area (Å²) in [6, 6.07) is 2.78. The molecule has 2 atom stereocenters. The minimum absolute atomic E-state index is 0.236. The molecule has 0 aromatic heterocycles. The second-order valence-electron chi connectivity index (χ2n) is 6.02. The maximum absolute atomic E-state index is 9.54. The van der Waals surface area contributed by atoms with Crippen molar-refractivity contribution in [1.29, 1.82) is 5.26 Å². The van der Waals surface area contributed by atoms with Crippen LogP contribution >= 0.6 is 0 Å². The van der Waals surface area contributed by atoms with Gasteiger partial charge in [0.2, 0.25) is 0 Å². The number of rotatable bonds is 3. The molecule has 1 aliphatic rings. The topological polar surface area (TPSA) is 45.0 Å². The van der Waals surface area contributed by atoms with Crippen LogP contribution < -0.4 is 5.32 Å². The van der Waals surface area contributed by atoms with Crippen LogP contribution in [0.1, 0.15) is 54.4 Å². The molecule has 0 aromatic rings. The van der Waals surface area contributed by atoms with Gasteiger partial charge in [0.15, 0.2) is 0 Å². The lowest BCUT2D eigenvalue weighted by atomic mass is 9.79. The van der Waals surface area contributed by atoms with E-state index in [0.29, 0.717) is 6.04 Å². The smallest absolute Gasteiger partial charge is 0.138 e. The van der Waals surface area contributed by atoms with Crippen molar-refractivity contribution >= 4 is 0 Å². The van der Waals surface area contributed by atoms with Gasteiger partial charge in [-0.15, -0.1) is 0 Å². The highest BCUT2D eigenvalue weighted by molar-refractivity contribution is 5.23. The SMILES string of the molecule is CCC(C)NC1(C#N)CC(C)(C)OC1(C)C. The maximum atomic E-state index is 9.54. The molecule has 0 radical (unpaired) electrons. The summed E-state index contributed by atoms with van der Waals surface area (Å²) < 4.78 is 6.00. The first-order valence-corrected chi connectivity index (χ1v) is 6.07. The minimum atomic E-state index is -0.577. The molecule has 1 N–H and O–H groups in total. The van der Waals surface area contributed by atoms with E-state index in [9.17, 15) is 5.26 Å². The Morgan fingerprint density at radius 3 is 2.25 bits per heavy atom. The van der Waals surface area contributed by atoms with Crippen LogP contribution in [-0.4, -0.2) is 22.8 Å². The Bertz CT molecular complexity index is 304. The van der Waals surface area contributed by atoms with Crippen molar-refractivity contribution < 1.29 is 4.74 Å². The zero-order chi connectivity index (χ0) is 12.6. The largest absolute Gasteiger partial charge is 0.367 e. The van der Waals surface area contributed by atoms with E-state index in [1.54, 1.807) is 0 Å². The fourth-order valence-corrected chi connectivity index (χ4v) is 2.62. The second-order valence-corrected chi connectivity index (χ2v) is 6.02. The van der Waals surface area contributed by atoms with Gasteiger partial charge in [0.25, 0.3) is 0 Å². The van der Waals surface area contributed by atoms with E-state index in [-0.39, 0.29) is 5.60 Å². The number of hydrogen-bond acceptors (Lipinski definition) is 3. The predicted molar refractivity (Wildman–Crippen MR) is 65.1 cm³/mol. The third-order valence-corrected chi connectivity index (χ3v) is 3.55. The molecule has 1 saturated heterocycles. The first kappa shape index (κ1) is 13.5. The summed E-state index contributed by atoms with van der Waals surface area (Å²) in [5.41, 5.74) is -1.26. The van der Waals surface area contributed by atoms with Gasteiger partial charge < -0.3 is 4.74 Å². The summed E-state index contributed by atoms with van der Waals surface area (Å²) in [4.78, 5) is 0. The fourth-order valence-electron chi connectivity index (χ4n) is 2.62. The van der Waals surface area contributed by atoms with Crippen molar-refractivity contribution in [2.75, 3.05) is 0 Å². The molecule has 3 nitrogen and oxygen atoms in total. The number of nitrogens with one attached hydrogen (secondary N) is 1. The number of nitriles is 1. The highest BCUT2D eigenvalue weighted by Gasteiger charge is 2.58. The molecule has 2 unspecified atom stereocenters. The highest BCUT2D eigenvalue weighted by atomic mass is 16.5. The van der Waals surface area contributed by atoms with Crippen LogP contribution in [0.5, 0.6) is 0 Å². The van der Waals surface area contributed by atoms with E-state index in [4.69, 9.17) is 4.74 Å². The maximum Gasteiger partial charge on any atom is 0.138 e. The van der Waals surface area contributed by atoms with Crippen LogP contribution in [0.15, 0.2) is 0 Å². The minimum Gasteiger partial charge on any atom is -0.367 e. The van der Waals surface area contributed by atoms with Gasteiger partial charge in [-0.2, -0.15) is 5.26 Å². The lowest BCUT2D eigenvalue weighted by molar-refractivity contribution is -0.0774. The summed E-state index contributed by atoms with van der Waals surface area (Å²) >= 11 is 0. The van der Waals surface area contributed by atoms with E-state index in [2.05, 4.69) is 25.2 Å². The Morgan fingerprint density at radius 2 is 1.94 bits per heavy atom. The molecular weight excluding hydrogens is 200 g/mol. The first-order chi connectivity index (χ1) is 7.18. The Labute approximate surface area is 99.2 Å². The molecule has 1 heterocycles. The summed E-state index contributed by atoms with van der Waals surface area (Å²) in [5.74, 6) is 0. The first-order valence-electron chi connectivity index (χ1n) is 6.07. The molecule has 0 amide bonds. The van der Waals surface area contributed by atoms with Gasteiger partial charge in [-0.05, 0) is 41.0 Å². The van der Waals surface area contributed by atoms with E-state index < -0.39 is 11.1 Å². The van der Waals surface area contributed by atoms with Crippen LogP contribution in [0.3, 0.4) is 0 Å². The number of hydrogen-bond donors (Lipinski definition) is 1. The average molecular weight is 224 g/mol. The standard InChI is InChI=1S/C13H24N2O/c1-7-10(2)15-13(9-14)8-11(3,4)16-12(13,5)6/h10,15H,7-8H2,1-6H3. The van der Waals surface area contributed by atoms with E-state index in [1.165, 1.54) is 0 Å².